The monoisotopic (exact) mass is 502 g/mol. The Hall–Kier alpha value is -4.17. The Balaban J connectivity index is 1.64. The van der Waals surface area contributed by atoms with Crippen LogP contribution in [0.3, 0.4) is 0 Å². The van der Waals surface area contributed by atoms with Crippen molar-refractivity contribution in [3.8, 4) is 17.1 Å². The second-order valence-electron chi connectivity index (χ2n) is 8.75. The number of nitrogens with two attached hydrogens (primary N) is 1. The molecule has 0 aliphatic rings. The number of benzene rings is 2. The second-order valence-corrected chi connectivity index (χ2v) is 9.14. The van der Waals surface area contributed by atoms with Crippen LogP contribution in [0.4, 0.5) is 0 Å². The molecule has 0 radical (unpaired) electrons. The topological polar surface area (TPSA) is 113 Å². The zero-order valence-electron chi connectivity index (χ0n) is 20.1. The molecule has 1 amide bonds. The van der Waals surface area contributed by atoms with Crippen LogP contribution in [0, 0.1) is 13.8 Å². The number of aromatic nitrogens is 3. The number of primary amides is 1. The fourth-order valence-corrected chi connectivity index (χ4v) is 4.57. The van der Waals surface area contributed by atoms with Crippen LogP contribution in [0.1, 0.15) is 40.3 Å². The number of rotatable bonds is 5. The normalized spacial score (nSPS) is 12.2. The van der Waals surface area contributed by atoms with E-state index in [1.54, 1.807) is 13.0 Å². The Morgan fingerprint density at radius 1 is 1.11 bits per heavy atom. The van der Waals surface area contributed by atoms with E-state index in [0.717, 1.165) is 27.7 Å². The first kappa shape index (κ1) is 23.6. The zero-order chi connectivity index (χ0) is 25.7. The van der Waals surface area contributed by atoms with E-state index in [4.69, 9.17) is 26.5 Å². The first-order valence-electron chi connectivity index (χ1n) is 11.3. The highest BCUT2D eigenvalue weighted by molar-refractivity contribution is 6.29. The maximum Gasteiger partial charge on any atom is 0.271 e. The number of ether oxygens (including phenoxy) is 1. The summed E-state index contributed by atoms with van der Waals surface area (Å²) in [6.45, 7) is 5.63. The highest BCUT2D eigenvalue weighted by Crippen LogP contribution is 2.33. The fourth-order valence-electron chi connectivity index (χ4n) is 4.42. The molecule has 3 heterocycles. The summed E-state index contributed by atoms with van der Waals surface area (Å²) >= 11 is 5.92. The van der Waals surface area contributed by atoms with Gasteiger partial charge in [-0.15, -0.1) is 0 Å². The molecular formula is C27H23ClN4O4. The molecule has 0 aliphatic heterocycles. The van der Waals surface area contributed by atoms with Gasteiger partial charge >= 0.3 is 0 Å². The smallest absolute Gasteiger partial charge is 0.271 e. The third-order valence-electron chi connectivity index (χ3n) is 6.12. The Morgan fingerprint density at radius 2 is 1.89 bits per heavy atom. The average Bonchev–Trinajstić information content (AvgIpc) is 3.12. The SMILES string of the molecule is Cc1cc([C@@H](C)Oc2ccc(Cl)nc2C(N)=O)c2oc(-c3ccc4c(c3)c(C)nn4C)cc(=O)c2c1. The minimum absolute atomic E-state index is 0.0754. The Labute approximate surface area is 211 Å². The summed E-state index contributed by atoms with van der Waals surface area (Å²) in [5.74, 6) is -0.144. The molecule has 182 valence electrons. The maximum atomic E-state index is 13.2. The summed E-state index contributed by atoms with van der Waals surface area (Å²) in [6, 6.07) is 14.0. The molecule has 8 nitrogen and oxygen atoms in total. The van der Waals surface area contributed by atoms with Crippen LogP contribution < -0.4 is 15.9 Å². The largest absolute Gasteiger partial charge is 0.483 e. The van der Waals surface area contributed by atoms with E-state index >= 15 is 0 Å². The van der Waals surface area contributed by atoms with Gasteiger partial charge in [-0.25, -0.2) is 4.98 Å². The van der Waals surface area contributed by atoms with Gasteiger partial charge in [0.05, 0.1) is 16.6 Å². The Morgan fingerprint density at radius 3 is 2.64 bits per heavy atom. The number of hydrogen-bond acceptors (Lipinski definition) is 6. The molecule has 1 atom stereocenters. The number of amides is 1. The Bertz CT molecular complexity index is 1740. The van der Waals surface area contributed by atoms with Crippen LogP contribution in [0.5, 0.6) is 5.75 Å². The molecule has 0 saturated carbocycles. The third-order valence-corrected chi connectivity index (χ3v) is 6.33. The van der Waals surface area contributed by atoms with Crippen molar-refractivity contribution in [3.63, 3.8) is 0 Å². The van der Waals surface area contributed by atoms with E-state index in [1.807, 2.05) is 49.8 Å². The van der Waals surface area contributed by atoms with E-state index in [9.17, 15) is 9.59 Å². The van der Waals surface area contributed by atoms with Gasteiger partial charge < -0.3 is 14.9 Å². The van der Waals surface area contributed by atoms with E-state index in [0.29, 0.717) is 22.3 Å². The molecule has 2 aromatic carbocycles. The summed E-state index contributed by atoms with van der Waals surface area (Å²) in [6.07, 6.45) is -0.602. The van der Waals surface area contributed by atoms with Gasteiger partial charge in [0.1, 0.15) is 22.6 Å². The number of carbonyl (C=O) groups excluding carboxylic acids is 1. The molecule has 9 heteroatoms. The predicted molar refractivity (Wildman–Crippen MR) is 138 cm³/mol. The van der Waals surface area contributed by atoms with Crippen LogP contribution in [0.25, 0.3) is 33.2 Å². The van der Waals surface area contributed by atoms with Gasteiger partial charge in [0.2, 0.25) is 0 Å². The molecule has 5 rings (SSSR count). The van der Waals surface area contributed by atoms with Crippen LogP contribution >= 0.6 is 11.6 Å². The predicted octanol–water partition coefficient (Wildman–Crippen LogP) is 5.25. The second kappa shape index (κ2) is 8.80. The summed E-state index contributed by atoms with van der Waals surface area (Å²) in [5, 5.41) is 6.01. The molecule has 0 aliphatic carbocycles. The lowest BCUT2D eigenvalue weighted by Gasteiger charge is -2.18. The lowest BCUT2D eigenvalue weighted by molar-refractivity contribution is 0.0988. The average molecular weight is 503 g/mol. The van der Waals surface area contributed by atoms with Gasteiger partial charge in [-0.1, -0.05) is 11.6 Å². The lowest BCUT2D eigenvalue weighted by atomic mass is 10.0. The molecular weight excluding hydrogens is 480 g/mol. The molecule has 0 unspecified atom stereocenters. The third kappa shape index (κ3) is 4.09. The van der Waals surface area contributed by atoms with Crippen molar-refractivity contribution in [2.24, 2.45) is 12.8 Å². The summed E-state index contributed by atoms with van der Waals surface area (Å²) < 4.78 is 14.2. The van der Waals surface area contributed by atoms with Gasteiger partial charge in [0.25, 0.3) is 5.91 Å². The van der Waals surface area contributed by atoms with Crippen molar-refractivity contribution in [1.82, 2.24) is 14.8 Å². The number of hydrogen-bond donors (Lipinski definition) is 1. The van der Waals surface area contributed by atoms with E-state index in [-0.39, 0.29) is 22.0 Å². The van der Waals surface area contributed by atoms with Crippen molar-refractivity contribution in [2.75, 3.05) is 0 Å². The molecule has 3 aromatic heterocycles. The lowest BCUT2D eigenvalue weighted by Crippen LogP contribution is -2.16. The number of aryl methyl sites for hydroxylation is 3. The van der Waals surface area contributed by atoms with Gasteiger partial charge in [-0.05, 0) is 68.8 Å². The summed E-state index contributed by atoms with van der Waals surface area (Å²) in [5.41, 5.74) is 9.77. The van der Waals surface area contributed by atoms with Crippen molar-refractivity contribution in [1.29, 1.82) is 0 Å². The highest BCUT2D eigenvalue weighted by atomic mass is 35.5. The van der Waals surface area contributed by atoms with Crippen molar-refractivity contribution in [2.45, 2.75) is 26.9 Å². The molecule has 36 heavy (non-hydrogen) atoms. The van der Waals surface area contributed by atoms with Crippen LogP contribution in [-0.4, -0.2) is 20.7 Å². The number of carbonyl (C=O) groups is 1. The van der Waals surface area contributed by atoms with Gasteiger partial charge in [0, 0.05) is 29.6 Å². The maximum absolute atomic E-state index is 13.2. The number of halogens is 1. The zero-order valence-corrected chi connectivity index (χ0v) is 20.9. The van der Waals surface area contributed by atoms with E-state index < -0.39 is 12.0 Å². The minimum Gasteiger partial charge on any atom is -0.483 e. The molecule has 0 saturated heterocycles. The van der Waals surface area contributed by atoms with Gasteiger partial charge in [0.15, 0.2) is 16.9 Å². The van der Waals surface area contributed by atoms with Crippen LogP contribution in [-0.2, 0) is 7.05 Å². The fraction of sp³-hybridized carbons (Fsp3) is 0.185. The first-order valence-corrected chi connectivity index (χ1v) is 11.7. The van der Waals surface area contributed by atoms with Crippen molar-refractivity contribution >= 4 is 39.4 Å². The van der Waals surface area contributed by atoms with Crippen molar-refractivity contribution < 1.29 is 13.9 Å². The molecule has 0 bridgehead atoms. The van der Waals surface area contributed by atoms with E-state index in [1.165, 1.54) is 18.2 Å². The quantitative estimate of drug-likeness (QED) is 0.328. The molecule has 5 aromatic rings. The summed E-state index contributed by atoms with van der Waals surface area (Å²) in [4.78, 5) is 29.0. The standard InChI is InChI=1S/C27H23ClN4O4/c1-13-9-18(15(3)35-22-7-8-24(28)30-25(22)27(29)34)26-19(10-13)21(33)12-23(36-26)16-5-6-20-17(11-16)14(2)31-32(20)4/h5-12,15H,1-4H3,(H2,29,34)/t15-/m1/s1. The minimum atomic E-state index is -0.760. The van der Waals surface area contributed by atoms with Gasteiger partial charge in [-0.2, -0.15) is 5.10 Å². The number of pyridine rings is 1. The molecule has 0 fully saturated rings. The van der Waals surface area contributed by atoms with E-state index in [2.05, 4.69) is 10.1 Å². The number of nitrogens with zero attached hydrogens (tertiary/aromatic N) is 3. The highest BCUT2D eigenvalue weighted by Gasteiger charge is 2.21. The van der Waals surface area contributed by atoms with Crippen molar-refractivity contribution in [3.05, 3.63) is 86.4 Å². The first-order chi connectivity index (χ1) is 17.1. The molecule has 2 N–H and O–H groups in total. The number of fused-ring (bicyclic) bond motifs is 2. The summed E-state index contributed by atoms with van der Waals surface area (Å²) in [7, 11) is 1.89. The Kier molecular flexibility index (Phi) is 5.76. The molecule has 0 spiro atoms. The van der Waals surface area contributed by atoms with Crippen LogP contribution in [0.2, 0.25) is 5.15 Å². The van der Waals surface area contributed by atoms with Crippen LogP contribution in [0.15, 0.2) is 57.7 Å². The van der Waals surface area contributed by atoms with Gasteiger partial charge in [-0.3, -0.25) is 14.3 Å².